The minimum absolute atomic E-state index is 0.0933. The lowest BCUT2D eigenvalue weighted by molar-refractivity contribution is -0.148. The fraction of sp³-hybridized carbons (Fsp3) is 0.310. The Kier molecular flexibility index (Phi) is 6.84. The van der Waals surface area contributed by atoms with Gasteiger partial charge in [0.25, 0.3) is 0 Å². The van der Waals surface area contributed by atoms with Crippen molar-refractivity contribution >= 4 is 17.6 Å². The second-order valence-electron chi connectivity index (χ2n) is 9.52. The highest BCUT2D eigenvalue weighted by atomic mass is 19.1. The molecular weight excluding hydrogens is 475 g/mol. The van der Waals surface area contributed by atoms with Gasteiger partial charge in [0.05, 0.1) is 12.8 Å². The van der Waals surface area contributed by atoms with Gasteiger partial charge in [0.15, 0.2) is 0 Å². The molecule has 2 aliphatic rings. The van der Waals surface area contributed by atoms with Crippen molar-refractivity contribution in [1.29, 1.82) is 0 Å². The molecule has 8 heteroatoms. The predicted octanol–water partition coefficient (Wildman–Crippen LogP) is 4.51. The molecule has 0 fully saturated rings. The largest absolute Gasteiger partial charge is 0.508 e. The van der Waals surface area contributed by atoms with Crippen LogP contribution in [0.1, 0.15) is 41.7 Å². The Labute approximate surface area is 215 Å². The quantitative estimate of drug-likeness (QED) is 0.527. The number of aromatic hydroxyl groups is 1. The Morgan fingerprint density at radius 1 is 1.11 bits per heavy atom. The summed E-state index contributed by atoms with van der Waals surface area (Å²) < 4.78 is 25.4. The van der Waals surface area contributed by atoms with E-state index in [0.717, 1.165) is 22.3 Å². The Morgan fingerprint density at radius 3 is 2.59 bits per heavy atom. The minimum Gasteiger partial charge on any atom is -0.508 e. The summed E-state index contributed by atoms with van der Waals surface area (Å²) in [6.07, 6.45) is 0.689. The van der Waals surface area contributed by atoms with Crippen LogP contribution in [0.4, 0.5) is 10.1 Å². The summed E-state index contributed by atoms with van der Waals surface area (Å²) in [4.78, 5) is 29.0. The number of methoxy groups -OCH3 is 1. The van der Waals surface area contributed by atoms with Crippen molar-refractivity contribution in [3.63, 3.8) is 0 Å². The van der Waals surface area contributed by atoms with E-state index in [9.17, 15) is 19.1 Å². The van der Waals surface area contributed by atoms with Crippen molar-refractivity contribution in [3.05, 3.63) is 88.7 Å². The fourth-order valence-electron chi connectivity index (χ4n) is 5.20. The molecule has 0 aromatic heterocycles. The van der Waals surface area contributed by atoms with E-state index in [-0.39, 0.29) is 29.5 Å². The zero-order valence-corrected chi connectivity index (χ0v) is 20.8. The summed E-state index contributed by atoms with van der Waals surface area (Å²) in [5.41, 5.74) is 4.27. The topological polar surface area (TPSA) is 79.3 Å². The molecule has 0 radical (unpaired) electrons. The van der Waals surface area contributed by atoms with Gasteiger partial charge in [-0.2, -0.15) is 0 Å². The van der Waals surface area contributed by atoms with E-state index in [1.165, 1.54) is 26.2 Å². The number of halogens is 1. The lowest BCUT2D eigenvalue weighted by Crippen LogP contribution is -2.45. The van der Waals surface area contributed by atoms with Gasteiger partial charge in [-0.25, -0.2) is 4.39 Å². The Hall–Kier alpha value is -3.91. The van der Waals surface area contributed by atoms with E-state index in [0.29, 0.717) is 43.9 Å². The van der Waals surface area contributed by atoms with Gasteiger partial charge in [-0.15, -0.1) is 0 Å². The summed E-state index contributed by atoms with van der Waals surface area (Å²) in [7, 11) is 1.37. The van der Waals surface area contributed by atoms with Gasteiger partial charge in [0.2, 0.25) is 5.91 Å². The molecule has 5 rings (SSSR count). The Balaban J connectivity index is 1.52. The zero-order valence-electron chi connectivity index (χ0n) is 20.8. The maximum absolute atomic E-state index is 13.8. The molecule has 3 aromatic rings. The number of rotatable bonds is 4. The third-order valence-electron chi connectivity index (χ3n) is 7.08. The van der Waals surface area contributed by atoms with Gasteiger partial charge in [-0.3, -0.25) is 14.5 Å². The smallest absolute Gasteiger partial charge is 0.323 e. The number of hydrogen-bond donors (Lipinski definition) is 1. The number of carbonyl (C=O) groups excluding carboxylic acids is 2. The number of ether oxygens (including phenoxy) is 2. The van der Waals surface area contributed by atoms with E-state index in [2.05, 4.69) is 0 Å². The first-order valence-electron chi connectivity index (χ1n) is 12.3. The van der Waals surface area contributed by atoms with Crippen LogP contribution >= 0.6 is 0 Å². The molecule has 1 amide bonds. The van der Waals surface area contributed by atoms with E-state index >= 15 is 0 Å². The molecule has 0 saturated heterocycles. The second-order valence-corrected chi connectivity index (χ2v) is 9.52. The number of fused-ring (bicyclic) bond motifs is 2. The Morgan fingerprint density at radius 2 is 1.89 bits per heavy atom. The summed E-state index contributed by atoms with van der Waals surface area (Å²) >= 11 is 0. The lowest BCUT2D eigenvalue weighted by atomic mass is 9.92. The number of esters is 1. The SMILES string of the molecule is COC(=O)[C@@H]1Cc2cc3c(cc2CN1Cc1cccc(F)c1)O[C@@H](c1ccc(O)cc1)CCN3C(C)=O. The first kappa shape index (κ1) is 24.8. The van der Waals surface area contributed by atoms with Crippen molar-refractivity contribution in [2.45, 2.75) is 45.0 Å². The van der Waals surface area contributed by atoms with E-state index in [1.54, 1.807) is 23.1 Å². The van der Waals surface area contributed by atoms with Crippen LogP contribution in [0.5, 0.6) is 11.5 Å². The van der Waals surface area contributed by atoms with Crippen molar-refractivity contribution in [1.82, 2.24) is 4.90 Å². The number of amides is 1. The van der Waals surface area contributed by atoms with Crippen LogP contribution in [0.25, 0.3) is 0 Å². The van der Waals surface area contributed by atoms with Crippen molar-refractivity contribution in [2.75, 3.05) is 18.6 Å². The average Bonchev–Trinajstić information content (AvgIpc) is 3.06. The molecule has 192 valence electrons. The lowest BCUT2D eigenvalue weighted by Gasteiger charge is -2.36. The average molecular weight is 505 g/mol. The number of carbonyl (C=O) groups is 2. The molecular formula is C29H29FN2O5. The van der Waals surface area contributed by atoms with E-state index in [4.69, 9.17) is 9.47 Å². The van der Waals surface area contributed by atoms with Gasteiger partial charge >= 0.3 is 5.97 Å². The van der Waals surface area contributed by atoms with Crippen molar-refractivity contribution in [2.24, 2.45) is 0 Å². The van der Waals surface area contributed by atoms with Crippen LogP contribution in [0.3, 0.4) is 0 Å². The van der Waals surface area contributed by atoms with Crippen LogP contribution in [0.2, 0.25) is 0 Å². The fourth-order valence-corrected chi connectivity index (χ4v) is 5.20. The molecule has 2 atom stereocenters. The van der Waals surface area contributed by atoms with Crippen LogP contribution in [0, 0.1) is 5.82 Å². The Bertz CT molecular complexity index is 1330. The number of benzene rings is 3. The maximum Gasteiger partial charge on any atom is 0.323 e. The zero-order chi connectivity index (χ0) is 26.1. The molecule has 3 aromatic carbocycles. The first-order chi connectivity index (χ1) is 17.8. The van der Waals surface area contributed by atoms with Crippen molar-refractivity contribution in [3.8, 4) is 11.5 Å². The third-order valence-corrected chi connectivity index (χ3v) is 7.08. The molecule has 0 spiro atoms. The van der Waals surface area contributed by atoms with E-state index in [1.807, 2.05) is 35.2 Å². The number of nitrogens with zero attached hydrogens (tertiary/aromatic N) is 2. The molecule has 2 aliphatic heterocycles. The van der Waals surface area contributed by atoms with Gasteiger partial charge < -0.3 is 19.5 Å². The highest BCUT2D eigenvalue weighted by Gasteiger charge is 2.35. The number of hydrogen-bond acceptors (Lipinski definition) is 6. The molecule has 37 heavy (non-hydrogen) atoms. The van der Waals surface area contributed by atoms with E-state index < -0.39 is 6.04 Å². The molecule has 7 nitrogen and oxygen atoms in total. The number of phenolic OH excluding ortho intramolecular Hbond substituents is 1. The molecule has 0 unspecified atom stereocenters. The minimum atomic E-state index is -0.541. The first-order valence-corrected chi connectivity index (χ1v) is 12.3. The standard InChI is InChI=1S/C29H29FN2O5/c1-18(33)32-11-10-27(20-6-8-24(34)9-7-20)37-28-15-22-17-31(16-19-4-3-5-23(30)12-19)26(29(35)36-2)14-21(22)13-25(28)32/h3-9,12-13,15,26-27,34H,10-11,14,16-17H2,1-2H3/t26-,27+/m0/s1. The molecule has 0 bridgehead atoms. The summed E-state index contributed by atoms with van der Waals surface area (Å²) in [5.74, 6) is -0.0105. The van der Waals surface area contributed by atoms with Gasteiger partial charge in [0.1, 0.15) is 29.5 Å². The van der Waals surface area contributed by atoms with Crippen LogP contribution < -0.4 is 9.64 Å². The van der Waals surface area contributed by atoms with Crippen LogP contribution in [0.15, 0.2) is 60.7 Å². The van der Waals surface area contributed by atoms with Crippen LogP contribution in [-0.2, 0) is 33.8 Å². The normalized spacial score (nSPS) is 19.3. The van der Waals surface area contributed by atoms with Gasteiger partial charge in [-0.1, -0.05) is 24.3 Å². The highest BCUT2D eigenvalue weighted by molar-refractivity contribution is 5.93. The summed E-state index contributed by atoms with van der Waals surface area (Å²) in [6, 6.07) is 16.6. The molecule has 1 N–H and O–H groups in total. The number of anilines is 1. The molecule has 0 saturated carbocycles. The second kappa shape index (κ2) is 10.2. The monoisotopic (exact) mass is 504 g/mol. The maximum atomic E-state index is 13.8. The number of phenols is 1. The predicted molar refractivity (Wildman–Crippen MR) is 136 cm³/mol. The molecule has 0 aliphatic carbocycles. The van der Waals surface area contributed by atoms with Gasteiger partial charge in [-0.05, 0) is 65.1 Å². The third kappa shape index (κ3) is 5.15. The highest BCUT2D eigenvalue weighted by Crippen LogP contribution is 2.41. The summed E-state index contributed by atoms with van der Waals surface area (Å²) in [5, 5.41) is 9.69. The van der Waals surface area contributed by atoms with Crippen LogP contribution in [-0.4, -0.2) is 41.6 Å². The molecule has 2 heterocycles. The van der Waals surface area contributed by atoms with Gasteiger partial charge in [0, 0.05) is 33.0 Å². The summed E-state index contributed by atoms with van der Waals surface area (Å²) in [6.45, 7) is 2.82. The van der Waals surface area contributed by atoms with Crippen molar-refractivity contribution < 1.29 is 28.6 Å².